The molecule has 0 aliphatic heterocycles. The van der Waals surface area contributed by atoms with Gasteiger partial charge in [0, 0.05) is 6.20 Å². The van der Waals surface area contributed by atoms with E-state index in [1.807, 2.05) is 30.3 Å². The predicted molar refractivity (Wildman–Crippen MR) is 73.0 cm³/mol. The van der Waals surface area contributed by atoms with Gasteiger partial charge in [0.15, 0.2) is 0 Å². The summed E-state index contributed by atoms with van der Waals surface area (Å²) in [5.41, 5.74) is 5.65. The maximum Gasteiger partial charge on any atom is 0.338 e. The van der Waals surface area contributed by atoms with Crippen LogP contribution in [0.5, 0.6) is 11.6 Å². The molecule has 0 spiro atoms. The minimum Gasteiger partial charge on any atom is -0.490 e. The lowest BCUT2D eigenvalue weighted by atomic mass is 10.2. The number of para-hydroxylation sites is 1. The maximum absolute atomic E-state index is 10.9. The quantitative estimate of drug-likeness (QED) is 0.780. The van der Waals surface area contributed by atoms with Crippen molar-refractivity contribution in [3.8, 4) is 11.6 Å². The number of carbonyl (C=O) groups is 1. The minimum atomic E-state index is -1.12. The molecule has 2 aromatic rings. The molecule has 1 heterocycles. The molecule has 0 aliphatic carbocycles. The molecule has 0 saturated carbocycles. The second-order valence-corrected chi connectivity index (χ2v) is 3.89. The Balaban J connectivity index is 1.88. The molecule has 0 bridgehead atoms. The first-order chi connectivity index (χ1) is 9.68. The molecule has 0 unspecified atom stereocenters. The third-order valence-electron chi connectivity index (χ3n) is 2.52. The number of nitrogens with two attached hydrogens (primary N) is 1. The topological polar surface area (TPSA) is 94.7 Å². The zero-order chi connectivity index (χ0) is 14.4. The molecule has 6 nitrogen and oxygen atoms in total. The highest BCUT2D eigenvalue weighted by atomic mass is 16.5. The third kappa shape index (κ3) is 3.38. The summed E-state index contributed by atoms with van der Waals surface area (Å²) in [6.07, 6.45) is 1.34. The first-order valence-electron chi connectivity index (χ1n) is 5.97. The van der Waals surface area contributed by atoms with Gasteiger partial charge in [-0.15, -0.1) is 0 Å². The standard InChI is InChI=1S/C14H14N2O4/c15-12-11(14(17)18)6-7-16-13(12)20-9-8-19-10-4-2-1-3-5-10/h1-7H,8-9,15H2,(H,17,18). The smallest absolute Gasteiger partial charge is 0.338 e. The number of hydrogen-bond acceptors (Lipinski definition) is 5. The van der Waals surface area contributed by atoms with Gasteiger partial charge in [0.1, 0.15) is 24.7 Å². The van der Waals surface area contributed by atoms with Crippen molar-refractivity contribution >= 4 is 11.7 Å². The van der Waals surface area contributed by atoms with Crippen LogP contribution in [0, 0.1) is 0 Å². The molecule has 1 aromatic heterocycles. The average Bonchev–Trinajstić information content (AvgIpc) is 2.46. The van der Waals surface area contributed by atoms with Gasteiger partial charge in [0.2, 0.25) is 5.88 Å². The lowest BCUT2D eigenvalue weighted by Crippen LogP contribution is -2.12. The Morgan fingerprint density at radius 3 is 2.55 bits per heavy atom. The Hall–Kier alpha value is -2.76. The highest BCUT2D eigenvalue weighted by molar-refractivity contribution is 5.94. The Bertz CT molecular complexity index is 587. The minimum absolute atomic E-state index is 0.0136. The fourth-order valence-corrected chi connectivity index (χ4v) is 1.57. The van der Waals surface area contributed by atoms with E-state index >= 15 is 0 Å². The monoisotopic (exact) mass is 274 g/mol. The molecular weight excluding hydrogens is 260 g/mol. The second kappa shape index (κ2) is 6.42. The van der Waals surface area contributed by atoms with Crippen LogP contribution in [0.2, 0.25) is 0 Å². The van der Waals surface area contributed by atoms with Crippen LogP contribution in [0.4, 0.5) is 5.69 Å². The number of carboxylic acid groups (broad SMARTS) is 1. The molecule has 3 N–H and O–H groups in total. The van der Waals surface area contributed by atoms with E-state index in [1.54, 1.807) is 0 Å². The average molecular weight is 274 g/mol. The van der Waals surface area contributed by atoms with Crippen LogP contribution in [0.15, 0.2) is 42.6 Å². The van der Waals surface area contributed by atoms with E-state index in [9.17, 15) is 4.79 Å². The zero-order valence-electron chi connectivity index (χ0n) is 10.7. The van der Waals surface area contributed by atoms with E-state index in [4.69, 9.17) is 20.3 Å². The zero-order valence-corrected chi connectivity index (χ0v) is 10.7. The number of pyridine rings is 1. The highest BCUT2D eigenvalue weighted by Crippen LogP contribution is 2.22. The summed E-state index contributed by atoms with van der Waals surface area (Å²) >= 11 is 0. The molecule has 0 atom stereocenters. The molecule has 104 valence electrons. The van der Waals surface area contributed by atoms with Crippen LogP contribution in [0.1, 0.15) is 10.4 Å². The number of nitrogen functional groups attached to an aromatic ring is 1. The summed E-state index contributed by atoms with van der Waals surface area (Å²) in [6.45, 7) is 0.525. The summed E-state index contributed by atoms with van der Waals surface area (Å²) in [5.74, 6) is -0.284. The fourth-order valence-electron chi connectivity index (χ4n) is 1.57. The van der Waals surface area contributed by atoms with Crippen molar-refractivity contribution in [2.45, 2.75) is 0 Å². The number of ether oxygens (including phenoxy) is 2. The Morgan fingerprint density at radius 2 is 1.85 bits per heavy atom. The number of benzene rings is 1. The number of hydrogen-bond donors (Lipinski definition) is 2. The fraction of sp³-hybridized carbons (Fsp3) is 0.143. The molecule has 0 amide bonds. The molecule has 0 saturated heterocycles. The number of aromatic nitrogens is 1. The van der Waals surface area contributed by atoms with Gasteiger partial charge in [0.25, 0.3) is 0 Å². The van der Waals surface area contributed by atoms with Crippen molar-refractivity contribution in [2.75, 3.05) is 18.9 Å². The van der Waals surface area contributed by atoms with Crippen molar-refractivity contribution in [3.05, 3.63) is 48.2 Å². The summed E-state index contributed by atoms with van der Waals surface area (Å²) in [5, 5.41) is 8.92. The summed E-state index contributed by atoms with van der Waals surface area (Å²) < 4.78 is 10.8. The van der Waals surface area contributed by atoms with Gasteiger partial charge in [-0.3, -0.25) is 0 Å². The SMILES string of the molecule is Nc1c(C(=O)O)ccnc1OCCOc1ccccc1. The summed E-state index contributed by atoms with van der Waals surface area (Å²) in [7, 11) is 0. The van der Waals surface area contributed by atoms with E-state index in [-0.39, 0.29) is 23.7 Å². The van der Waals surface area contributed by atoms with Gasteiger partial charge in [-0.2, -0.15) is 0 Å². The van der Waals surface area contributed by atoms with Crippen molar-refractivity contribution in [2.24, 2.45) is 0 Å². The predicted octanol–water partition coefficient (Wildman–Crippen LogP) is 1.82. The van der Waals surface area contributed by atoms with Gasteiger partial charge >= 0.3 is 5.97 Å². The summed E-state index contributed by atoms with van der Waals surface area (Å²) in [4.78, 5) is 14.8. The second-order valence-electron chi connectivity index (χ2n) is 3.89. The van der Waals surface area contributed by atoms with Gasteiger partial charge in [-0.05, 0) is 18.2 Å². The van der Waals surface area contributed by atoms with Crippen LogP contribution in [0.3, 0.4) is 0 Å². The lowest BCUT2D eigenvalue weighted by Gasteiger charge is -2.10. The molecule has 2 rings (SSSR count). The lowest BCUT2D eigenvalue weighted by molar-refractivity contribution is 0.0697. The van der Waals surface area contributed by atoms with Crippen LogP contribution in [-0.2, 0) is 0 Å². The number of nitrogens with zero attached hydrogens (tertiary/aromatic N) is 1. The Labute approximate surface area is 115 Å². The van der Waals surface area contributed by atoms with Gasteiger partial charge in [0.05, 0.1) is 5.56 Å². The van der Waals surface area contributed by atoms with Crippen molar-refractivity contribution in [1.29, 1.82) is 0 Å². The van der Waals surface area contributed by atoms with Crippen LogP contribution in [0.25, 0.3) is 0 Å². The van der Waals surface area contributed by atoms with Gasteiger partial charge < -0.3 is 20.3 Å². The number of anilines is 1. The van der Waals surface area contributed by atoms with E-state index < -0.39 is 5.97 Å². The van der Waals surface area contributed by atoms with E-state index in [0.717, 1.165) is 5.75 Å². The molecule has 0 radical (unpaired) electrons. The molecule has 0 aliphatic rings. The van der Waals surface area contributed by atoms with Crippen molar-refractivity contribution in [1.82, 2.24) is 4.98 Å². The molecule has 1 aromatic carbocycles. The Morgan fingerprint density at radius 1 is 1.15 bits per heavy atom. The molecule has 0 fully saturated rings. The van der Waals surface area contributed by atoms with E-state index in [2.05, 4.69) is 4.98 Å². The largest absolute Gasteiger partial charge is 0.490 e. The van der Waals surface area contributed by atoms with Gasteiger partial charge in [-0.25, -0.2) is 9.78 Å². The van der Waals surface area contributed by atoms with E-state index in [1.165, 1.54) is 12.3 Å². The number of carboxylic acids is 1. The first-order valence-corrected chi connectivity index (χ1v) is 5.97. The molecule has 20 heavy (non-hydrogen) atoms. The van der Waals surface area contributed by atoms with Gasteiger partial charge in [-0.1, -0.05) is 18.2 Å². The normalized spacial score (nSPS) is 10.0. The van der Waals surface area contributed by atoms with Crippen molar-refractivity contribution in [3.63, 3.8) is 0 Å². The summed E-state index contributed by atoms with van der Waals surface area (Å²) in [6, 6.07) is 10.6. The maximum atomic E-state index is 10.9. The van der Waals surface area contributed by atoms with Crippen LogP contribution in [-0.4, -0.2) is 29.3 Å². The van der Waals surface area contributed by atoms with Crippen molar-refractivity contribution < 1.29 is 19.4 Å². The molecule has 6 heteroatoms. The Kier molecular flexibility index (Phi) is 4.39. The van der Waals surface area contributed by atoms with Crippen LogP contribution >= 0.6 is 0 Å². The van der Waals surface area contributed by atoms with E-state index in [0.29, 0.717) is 6.61 Å². The first kappa shape index (κ1) is 13.7. The number of aromatic carboxylic acids is 1. The van der Waals surface area contributed by atoms with Crippen LogP contribution < -0.4 is 15.2 Å². The third-order valence-corrected chi connectivity index (χ3v) is 2.52. The highest BCUT2D eigenvalue weighted by Gasteiger charge is 2.13. The number of rotatable bonds is 6. The molecular formula is C14H14N2O4.